The Balaban J connectivity index is 1.70. The van der Waals surface area contributed by atoms with E-state index in [-0.39, 0.29) is 5.78 Å². The van der Waals surface area contributed by atoms with Crippen molar-refractivity contribution in [2.45, 2.75) is 32.2 Å². The van der Waals surface area contributed by atoms with Gasteiger partial charge in [-0.1, -0.05) is 6.92 Å². The largest absolute Gasteiger partial charge is 0.367 e. The van der Waals surface area contributed by atoms with Gasteiger partial charge in [-0.15, -0.1) is 0 Å². The molecule has 1 unspecified atom stereocenters. The van der Waals surface area contributed by atoms with E-state index < -0.39 is 0 Å². The van der Waals surface area contributed by atoms with Gasteiger partial charge in [-0.3, -0.25) is 14.7 Å². The summed E-state index contributed by atoms with van der Waals surface area (Å²) < 4.78 is 0. The summed E-state index contributed by atoms with van der Waals surface area (Å²) in [7, 11) is 0. The molecule has 3 heterocycles. The molecule has 4 nitrogen and oxygen atoms in total. The summed E-state index contributed by atoms with van der Waals surface area (Å²) in [5.41, 5.74) is 1.74. The van der Waals surface area contributed by atoms with E-state index in [0.29, 0.717) is 18.2 Å². The smallest absolute Gasteiger partial charge is 0.180 e. The number of aromatic nitrogens is 1. The van der Waals surface area contributed by atoms with Gasteiger partial charge in [0.2, 0.25) is 0 Å². The van der Waals surface area contributed by atoms with Crippen molar-refractivity contribution < 1.29 is 4.79 Å². The molecule has 0 aliphatic carbocycles. The van der Waals surface area contributed by atoms with E-state index in [1.165, 1.54) is 19.4 Å². The molecular weight excluding hydrogens is 238 g/mol. The zero-order chi connectivity index (χ0) is 13.2. The van der Waals surface area contributed by atoms with Gasteiger partial charge in [0.25, 0.3) is 0 Å². The summed E-state index contributed by atoms with van der Waals surface area (Å²) >= 11 is 0. The number of nitrogens with zero attached hydrogens (tertiary/aromatic N) is 3. The first-order valence-corrected chi connectivity index (χ1v) is 7.26. The molecule has 4 heteroatoms. The van der Waals surface area contributed by atoms with E-state index in [9.17, 15) is 4.79 Å². The highest BCUT2D eigenvalue weighted by molar-refractivity contribution is 5.94. The van der Waals surface area contributed by atoms with Crippen LogP contribution in [0.1, 0.15) is 36.7 Å². The van der Waals surface area contributed by atoms with Gasteiger partial charge in [0, 0.05) is 32.1 Å². The Morgan fingerprint density at radius 3 is 3.00 bits per heavy atom. The molecule has 0 saturated carbocycles. The highest BCUT2D eigenvalue weighted by Crippen LogP contribution is 2.25. The second kappa shape index (κ2) is 5.29. The van der Waals surface area contributed by atoms with Crippen molar-refractivity contribution in [1.29, 1.82) is 0 Å². The number of anilines is 1. The summed E-state index contributed by atoms with van der Waals surface area (Å²) in [6, 6.07) is 4.62. The first-order valence-electron chi connectivity index (χ1n) is 7.26. The fourth-order valence-electron chi connectivity index (χ4n) is 3.14. The molecule has 0 aromatic carbocycles. The molecule has 1 atom stereocenters. The molecule has 19 heavy (non-hydrogen) atoms. The topological polar surface area (TPSA) is 36.4 Å². The molecule has 102 valence electrons. The number of fused-ring (bicyclic) bond motifs is 1. The minimum Gasteiger partial charge on any atom is -0.367 e. The van der Waals surface area contributed by atoms with Crippen molar-refractivity contribution >= 4 is 11.5 Å². The van der Waals surface area contributed by atoms with Gasteiger partial charge in [0.1, 0.15) is 5.69 Å². The average Bonchev–Trinajstić information content (AvgIpc) is 2.94. The number of ketones is 1. The minimum absolute atomic E-state index is 0.118. The highest BCUT2D eigenvalue weighted by atomic mass is 16.1. The average molecular weight is 259 g/mol. The summed E-state index contributed by atoms with van der Waals surface area (Å²) in [5, 5.41) is 0. The SMILES string of the molecule is CCC(=O)c1ccc(N2CCN3CCCC3C2)cn1. The zero-order valence-corrected chi connectivity index (χ0v) is 11.5. The quantitative estimate of drug-likeness (QED) is 0.778. The van der Waals surface area contributed by atoms with Crippen LogP contribution >= 0.6 is 0 Å². The Labute approximate surface area is 114 Å². The van der Waals surface area contributed by atoms with Crippen LogP contribution in [-0.4, -0.2) is 47.9 Å². The van der Waals surface area contributed by atoms with Crippen LogP contribution in [0.25, 0.3) is 0 Å². The molecule has 2 saturated heterocycles. The molecule has 0 bridgehead atoms. The fraction of sp³-hybridized carbons (Fsp3) is 0.600. The monoisotopic (exact) mass is 259 g/mol. The molecule has 0 amide bonds. The third kappa shape index (κ3) is 2.50. The van der Waals surface area contributed by atoms with Crippen molar-refractivity contribution in [2.24, 2.45) is 0 Å². The van der Waals surface area contributed by atoms with Crippen molar-refractivity contribution in [1.82, 2.24) is 9.88 Å². The molecule has 0 N–H and O–H groups in total. The van der Waals surface area contributed by atoms with Crippen LogP contribution in [0.4, 0.5) is 5.69 Å². The molecule has 2 aliphatic rings. The van der Waals surface area contributed by atoms with Crippen molar-refractivity contribution in [3.05, 3.63) is 24.0 Å². The van der Waals surface area contributed by atoms with Crippen LogP contribution in [0, 0.1) is 0 Å². The number of carbonyl (C=O) groups is 1. The number of piperazine rings is 1. The molecule has 1 aromatic rings. The zero-order valence-electron chi connectivity index (χ0n) is 11.5. The van der Waals surface area contributed by atoms with Crippen molar-refractivity contribution in [3.63, 3.8) is 0 Å². The third-order valence-corrected chi connectivity index (χ3v) is 4.31. The number of hydrogen-bond donors (Lipinski definition) is 0. The van der Waals surface area contributed by atoms with E-state index in [4.69, 9.17) is 0 Å². The van der Waals surface area contributed by atoms with Crippen LogP contribution in [-0.2, 0) is 0 Å². The standard InChI is InChI=1S/C15H21N3O/c1-2-15(19)14-6-5-12(10-16-14)18-9-8-17-7-3-4-13(17)11-18/h5-6,10,13H,2-4,7-9,11H2,1H3. The molecule has 2 fully saturated rings. The molecule has 0 radical (unpaired) electrons. The van der Waals surface area contributed by atoms with Gasteiger partial charge in [0.15, 0.2) is 5.78 Å². The van der Waals surface area contributed by atoms with Crippen LogP contribution in [0.15, 0.2) is 18.3 Å². The maximum atomic E-state index is 11.6. The Hall–Kier alpha value is -1.42. The Kier molecular flexibility index (Phi) is 3.51. The summed E-state index contributed by atoms with van der Waals surface area (Å²) in [4.78, 5) is 20.9. The number of Topliss-reactive ketones (excluding diaryl/α,β-unsaturated/α-hetero) is 1. The van der Waals surface area contributed by atoms with E-state index in [0.717, 1.165) is 25.3 Å². The van der Waals surface area contributed by atoms with Crippen molar-refractivity contribution in [3.8, 4) is 0 Å². The number of pyridine rings is 1. The van der Waals surface area contributed by atoms with Gasteiger partial charge in [-0.05, 0) is 31.5 Å². The summed E-state index contributed by atoms with van der Waals surface area (Å²) in [5.74, 6) is 0.118. The maximum absolute atomic E-state index is 11.6. The fourth-order valence-corrected chi connectivity index (χ4v) is 3.14. The molecule has 1 aromatic heterocycles. The number of carbonyl (C=O) groups excluding carboxylic acids is 1. The lowest BCUT2D eigenvalue weighted by Crippen LogP contribution is -2.50. The van der Waals surface area contributed by atoms with Gasteiger partial charge < -0.3 is 4.90 Å². The van der Waals surface area contributed by atoms with E-state index in [1.54, 1.807) is 0 Å². The predicted molar refractivity (Wildman–Crippen MR) is 75.7 cm³/mol. The van der Waals surface area contributed by atoms with Gasteiger partial charge in [0.05, 0.1) is 11.9 Å². The first-order chi connectivity index (χ1) is 9.28. The molecule has 2 aliphatic heterocycles. The van der Waals surface area contributed by atoms with E-state index >= 15 is 0 Å². The third-order valence-electron chi connectivity index (χ3n) is 4.31. The van der Waals surface area contributed by atoms with E-state index in [2.05, 4.69) is 14.8 Å². The lowest BCUT2D eigenvalue weighted by Gasteiger charge is -2.38. The van der Waals surface area contributed by atoms with E-state index in [1.807, 2.05) is 25.3 Å². The Morgan fingerprint density at radius 2 is 2.26 bits per heavy atom. The van der Waals surface area contributed by atoms with Crippen LogP contribution in [0.2, 0.25) is 0 Å². The predicted octanol–water partition coefficient (Wildman–Crippen LogP) is 1.96. The number of hydrogen-bond acceptors (Lipinski definition) is 4. The van der Waals surface area contributed by atoms with Crippen molar-refractivity contribution in [2.75, 3.05) is 31.1 Å². The Morgan fingerprint density at radius 1 is 1.37 bits per heavy atom. The van der Waals surface area contributed by atoms with Gasteiger partial charge in [-0.2, -0.15) is 0 Å². The molecular formula is C15H21N3O. The maximum Gasteiger partial charge on any atom is 0.180 e. The molecule has 3 rings (SSSR count). The molecule has 0 spiro atoms. The summed E-state index contributed by atoms with van der Waals surface area (Å²) in [6.45, 7) is 6.46. The first kappa shape index (κ1) is 12.6. The van der Waals surface area contributed by atoms with Gasteiger partial charge in [-0.25, -0.2) is 0 Å². The highest BCUT2D eigenvalue weighted by Gasteiger charge is 2.30. The normalized spacial score (nSPS) is 23.4. The minimum atomic E-state index is 0.118. The van der Waals surface area contributed by atoms with Crippen LogP contribution < -0.4 is 4.90 Å². The van der Waals surface area contributed by atoms with Crippen LogP contribution in [0.3, 0.4) is 0 Å². The second-order valence-corrected chi connectivity index (χ2v) is 5.46. The lowest BCUT2D eigenvalue weighted by molar-refractivity contribution is 0.0983. The summed E-state index contributed by atoms with van der Waals surface area (Å²) in [6.07, 6.45) is 5.03. The number of rotatable bonds is 3. The lowest BCUT2D eigenvalue weighted by atomic mass is 10.1. The van der Waals surface area contributed by atoms with Gasteiger partial charge >= 0.3 is 0 Å². The second-order valence-electron chi connectivity index (χ2n) is 5.46. The Bertz CT molecular complexity index is 457. The van der Waals surface area contributed by atoms with Crippen LogP contribution in [0.5, 0.6) is 0 Å².